The van der Waals surface area contributed by atoms with Crippen LogP contribution in [0.3, 0.4) is 0 Å². The van der Waals surface area contributed by atoms with Crippen molar-refractivity contribution in [3.8, 4) is 0 Å². The Hall–Kier alpha value is -1.06. The minimum atomic E-state index is -0.628. The van der Waals surface area contributed by atoms with E-state index in [1.54, 1.807) is 13.0 Å². The van der Waals surface area contributed by atoms with Gasteiger partial charge in [0.25, 0.3) is 0 Å². The maximum atomic E-state index is 13.4. The molecule has 1 aromatic heterocycles. The van der Waals surface area contributed by atoms with Crippen LogP contribution in [0.2, 0.25) is 10.0 Å². The smallest absolute Gasteiger partial charge is 0.161 e. The number of nitrogen functional groups attached to an aromatic ring is 1. The van der Waals surface area contributed by atoms with E-state index in [2.05, 4.69) is 4.98 Å². The summed E-state index contributed by atoms with van der Waals surface area (Å²) in [5.41, 5.74) is 6.88. The van der Waals surface area contributed by atoms with Crippen LogP contribution in [0.1, 0.15) is 5.56 Å². The minimum Gasteiger partial charge on any atom is -0.383 e. The summed E-state index contributed by atoms with van der Waals surface area (Å²) >= 11 is 11.5. The van der Waals surface area contributed by atoms with Crippen molar-refractivity contribution in [1.29, 1.82) is 0 Å². The first-order chi connectivity index (χ1) is 7.00. The largest absolute Gasteiger partial charge is 0.383 e. The summed E-state index contributed by atoms with van der Waals surface area (Å²) in [4.78, 5) is 4.08. The van der Waals surface area contributed by atoms with Crippen molar-refractivity contribution in [1.82, 2.24) is 4.98 Å². The fraction of sp³-hybridized carbons (Fsp3) is 0.100. The lowest BCUT2D eigenvalue weighted by molar-refractivity contribution is 0.630. The second-order valence-corrected chi connectivity index (χ2v) is 4.03. The number of benzene rings is 1. The quantitative estimate of drug-likeness (QED) is 0.720. The molecule has 0 aliphatic carbocycles. The predicted octanol–water partition coefficient (Wildman–Crippen LogP) is 3.57. The number of anilines is 1. The Kier molecular flexibility index (Phi) is 2.44. The van der Waals surface area contributed by atoms with E-state index in [-0.39, 0.29) is 10.0 Å². The Morgan fingerprint density at radius 2 is 2.00 bits per heavy atom. The SMILES string of the molecule is Cc1cc2c(Cl)c(F)c(Cl)cc2nc1N. The molecule has 0 spiro atoms. The van der Waals surface area contributed by atoms with Gasteiger partial charge in [-0.05, 0) is 24.6 Å². The van der Waals surface area contributed by atoms with E-state index in [1.165, 1.54) is 6.07 Å². The van der Waals surface area contributed by atoms with E-state index >= 15 is 0 Å². The molecule has 2 rings (SSSR count). The fourth-order valence-corrected chi connectivity index (χ4v) is 1.83. The third kappa shape index (κ3) is 1.62. The average Bonchev–Trinajstić information content (AvgIpc) is 2.19. The number of hydrogen-bond acceptors (Lipinski definition) is 2. The van der Waals surface area contributed by atoms with Crippen LogP contribution in [0, 0.1) is 12.7 Å². The third-order valence-corrected chi connectivity index (χ3v) is 2.83. The Morgan fingerprint density at radius 1 is 1.33 bits per heavy atom. The standard InChI is InChI=1S/C10H7Cl2FN2/c1-4-2-5-7(15-10(4)14)3-6(11)9(13)8(5)12/h2-3H,1H3,(H2,14,15). The third-order valence-electron chi connectivity index (χ3n) is 2.18. The van der Waals surface area contributed by atoms with Crippen LogP contribution in [-0.4, -0.2) is 4.98 Å². The van der Waals surface area contributed by atoms with Gasteiger partial charge in [0.1, 0.15) is 5.82 Å². The molecule has 2 nitrogen and oxygen atoms in total. The maximum Gasteiger partial charge on any atom is 0.161 e. The van der Waals surface area contributed by atoms with Crippen LogP contribution in [0.25, 0.3) is 10.9 Å². The summed E-state index contributed by atoms with van der Waals surface area (Å²) in [6.07, 6.45) is 0. The zero-order valence-corrected chi connectivity index (χ0v) is 9.33. The van der Waals surface area contributed by atoms with Crippen molar-refractivity contribution in [2.75, 3.05) is 5.73 Å². The van der Waals surface area contributed by atoms with Crippen LogP contribution in [-0.2, 0) is 0 Å². The van der Waals surface area contributed by atoms with Gasteiger partial charge in [0.05, 0.1) is 15.6 Å². The molecule has 0 fully saturated rings. The molecule has 0 aliphatic rings. The van der Waals surface area contributed by atoms with E-state index in [4.69, 9.17) is 28.9 Å². The first kappa shape index (κ1) is 10.5. The Bertz CT molecular complexity index is 550. The normalized spacial score (nSPS) is 10.9. The first-order valence-electron chi connectivity index (χ1n) is 4.21. The van der Waals surface area contributed by atoms with Crippen molar-refractivity contribution in [3.63, 3.8) is 0 Å². The molecule has 15 heavy (non-hydrogen) atoms. The molecule has 2 N–H and O–H groups in total. The number of aryl methyl sites for hydroxylation is 1. The summed E-state index contributed by atoms with van der Waals surface area (Å²) < 4.78 is 13.4. The summed E-state index contributed by atoms with van der Waals surface area (Å²) in [5.74, 6) is -0.238. The van der Waals surface area contributed by atoms with Gasteiger partial charge >= 0.3 is 0 Å². The zero-order chi connectivity index (χ0) is 11.2. The van der Waals surface area contributed by atoms with Gasteiger partial charge in [-0.15, -0.1) is 0 Å². The summed E-state index contributed by atoms with van der Waals surface area (Å²) in [7, 11) is 0. The van der Waals surface area contributed by atoms with Gasteiger partial charge in [0, 0.05) is 5.39 Å². The Morgan fingerprint density at radius 3 is 2.67 bits per heavy atom. The topological polar surface area (TPSA) is 38.9 Å². The lowest BCUT2D eigenvalue weighted by Crippen LogP contribution is -1.95. The van der Waals surface area contributed by atoms with E-state index in [1.807, 2.05) is 0 Å². The van der Waals surface area contributed by atoms with E-state index in [0.29, 0.717) is 16.7 Å². The van der Waals surface area contributed by atoms with Crippen molar-refractivity contribution < 1.29 is 4.39 Å². The molecule has 78 valence electrons. The average molecular weight is 245 g/mol. The van der Waals surface area contributed by atoms with Gasteiger partial charge in [0.15, 0.2) is 5.82 Å². The number of fused-ring (bicyclic) bond motifs is 1. The molecule has 1 heterocycles. The maximum absolute atomic E-state index is 13.4. The number of rotatable bonds is 0. The van der Waals surface area contributed by atoms with Crippen molar-refractivity contribution in [3.05, 3.63) is 33.6 Å². The Labute approximate surface area is 95.8 Å². The Balaban J connectivity index is 2.93. The molecule has 2 aromatic rings. The molecule has 1 aromatic carbocycles. The van der Waals surface area contributed by atoms with Crippen molar-refractivity contribution in [2.24, 2.45) is 0 Å². The van der Waals surface area contributed by atoms with E-state index < -0.39 is 5.82 Å². The molecule has 0 radical (unpaired) electrons. The molecule has 0 saturated carbocycles. The highest BCUT2D eigenvalue weighted by atomic mass is 35.5. The zero-order valence-electron chi connectivity index (χ0n) is 7.81. The number of hydrogen-bond donors (Lipinski definition) is 1. The van der Waals surface area contributed by atoms with Gasteiger partial charge in [-0.25, -0.2) is 9.37 Å². The molecular formula is C10H7Cl2FN2. The number of nitrogens with zero attached hydrogens (tertiary/aromatic N) is 1. The molecular weight excluding hydrogens is 238 g/mol. The van der Waals surface area contributed by atoms with Crippen LogP contribution >= 0.6 is 23.2 Å². The molecule has 5 heteroatoms. The molecule has 0 atom stereocenters. The van der Waals surface area contributed by atoms with Crippen molar-refractivity contribution in [2.45, 2.75) is 6.92 Å². The molecule has 0 aliphatic heterocycles. The van der Waals surface area contributed by atoms with Gasteiger partial charge < -0.3 is 5.73 Å². The number of nitrogens with two attached hydrogens (primary N) is 1. The van der Waals surface area contributed by atoms with Gasteiger partial charge in [-0.2, -0.15) is 0 Å². The number of aromatic nitrogens is 1. The molecule has 0 amide bonds. The van der Waals surface area contributed by atoms with Gasteiger partial charge in [0.2, 0.25) is 0 Å². The molecule has 0 saturated heterocycles. The van der Waals surface area contributed by atoms with Crippen molar-refractivity contribution >= 4 is 39.9 Å². The highest BCUT2D eigenvalue weighted by Gasteiger charge is 2.12. The summed E-state index contributed by atoms with van der Waals surface area (Å²) in [5, 5.41) is 0.446. The van der Waals surface area contributed by atoms with E-state index in [9.17, 15) is 4.39 Å². The molecule has 0 unspecified atom stereocenters. The fourth-order valence-electron chi connectivity index (χ4n) is 1.33. The first-order valence-corrected chi connectivity index (χ1v) is 4.96. The van der Waals surface area contributed by atoms with Gasteiger partial charge in [-0.3, -0.25) is 0 Å². The lowest BCUT2D eigenvalue weighted by Gasteiger charge is -2.06. The second-order valence-electron chi connectivity index (χ2n) is 3.24. The van der Waals surface area contributed by atoms with Gasteiger partial charge in [-0.1, -0.05) is 23.2 Å². The monoisotopic (exact) mass is 244 g/mol. The highest BCUT2D eigenvalue weighted by molar-refractivity contribution is 6.38. The lowest BCUT2D eigenvalue weighted by atomic mass is 10.1. The number of pyridine rings is 1. The van der Waals surface area contributed by atoms with Crippen LogP contribution in [0.15, 0.2) is 12.1 Å². The van der Waals surface area contributed by atoms with Crippen LogP contribution in [0.5, 0.6) is 0 Å². The molecule has 0 bridgehead atoms. The highest BCUT2D eigenvalue weighted by Crippen LogP contribution is 2.32. The second kappa shape index (κ2) is 3.51. The van der Waals surface area contributed by atoms with Crippen LogP contribution in [0.4, 0.5) is 10.2 Å². The summed E-state index contributed by atoms with van der Waals surface area (Å²) in [6.45, 7) is 1.78. The van der Waals surface area contributed by atoms with E-state index in [0.717, 1.165) is 5.56 Å². The number of halogens is 3. The minimum absolute atomic E-state index is 0.0203. The van der Waals surface area contributed by atoms with Crippen LogP contribution < -0.4 is 5.73 Å². The summed E-state index contributed by atoms with van der Waals surface area (Å²) in [6, 6.07) is 3.10. The predicted molar refractivity (Wildman–Crippen MR) is 60.9 cm³/mol.